The third kappa shape index (κ3) is 1.55. The number of nitrogens with zero attached hydrogens (tertiary/aromatic N) is 2. The molecule has 84 valence electrons. The van der Waals surface area contributed by atoms with Gasteiger partial charge in [-0.3, -0.25) is 4.68 Å². The molecule has 6 heteroatoms. The third-order valence-electron chi connectivity index (χ3n) is 2.29. The Kier molecular flexibility index (Phi) is 2.59. The number of ether oxygens (including phenoxy) is 1. The van der Waals surface area contributed by atoms with E-state index in [1.54, 1.807) is 19.2 Å². The van der Waals surface area contributed by atoms with E-state index in [-0.39, 0.29) is 0 Å². The van der Waals surface area contributed by atoms with Crippen molar-refractivity contribution in [3.63, 3.8) is 0 Å². The summed E-state index contributed by atoms with van der Waals surface area (Å²) in [5.74, 6) is -0.428. The van der Waals surface area contributed by atoms with Crippen molar-refractivity contribution >= 4 is 38.5 Å². The minimum Gasteiger partial charge on any atom is -0.464 e. The number of rotatable bonds is 1. The second kappa shape index (κ2) is 3.79. The average molecular weight is 284 g/mol. The van der Waals surface area contributed by atoms with E-state index < -0.39 is 5.97 Å². The fourth-order valence-corrected chi connectivity index (χ4v) is 2.17. The number of hydrogen-bond acceptors (Lipinski definition) is 4. The number of anilines is 1. The molecule has 1 aromatic carbocycles. The molecule has 0 aliphatic heterocycles. The van der Waals surface area contributed by atoms with Crippen LogP contribution in [0.5, 0.6) is 0 Å². The van der Waals surface area contributed by atoms with Gasteiger partial charge in [0.2, 0.25) is 0 Å². The molecule has 2 N–H and O–H groups in total. The van der Waals surface area contributed by atoms with Gasteiger partial charge in [0.1, 0.15) is 5.52 Å². The summed E-state index contributed by atoms with van der Waals surface area (Å²) in [6, 6.07) is 3.45. The number of carbonyl (C=O) groups excluding carboxylic acids is 1. The van der Waals surface area contributed by atoms with Crippen LogP contribution in [0.3, 0.4) is 0 Å². The summed E-state index contributed by atoms with van der Waals surface area (Å²) in [6.45, 7) is 0. The first kappa shape index (κ1) is 10.9. The normalized spacial score (nSPS) is 10.7. The smallest absolute Gasteiger partial charge is 0.356 e. The van der Waals surface area contributed by atoms with Gasteiger partial charge in [0.05, 0.1) is 7.11 Å². The van der Waals surface area contributed by atoms with E-state index >= 15 is 0 Å². The van der Waals surface area contributed by atoms with E-state index in [9.17, 15) is 4.79 Å². The molecular weight excluding hydrogens is 274 g/mol. The molecule has 0 aliphatic rings. The van der Waals surface area contributed by atoms with Gasteiger partial charge in [-0.15, -0.1) is 0 Å². The molecule has 0 unspecified atom stereocenters. The Morgan fingerprint density at radius 3 is 2.88 bits per heavy atom. The molecule has 0 saturated heterocycles. The molecule has 0 saturated carbocycles. The highest BCUT2D eigenvalue weighted by molar-refractivity contribution is 9.10. The number of nitrogen functional groups attached to an aromatic ring is 1. The summed E-state index contributed by atoms with van der Waals surface area (Å²) in [6.07, 6.45) is 0. The van der Waals surface area contributed by atoms with Crippen LogP contribution in [-0.4, -0.2) is 22.9 Å². The first-order valence-corrected chi connectivity index (χ1v) is 5.34. The highest BCUT2D eigenvalue weighted by Gasteiger charge is 2.18. The Morgan fingerprint density at radius 2 is 2.25 bits per heavy atom. The van der Waals surface area contributed by atoms with Gasteiger partial charge in [-0.25, -0.2) is 4.79 Å². The first-order valence-electron chi connectivity index (χ1n) is 4.54. The number of esters is 1. The second-order valence-electron chi connectivity index (χ2n) is 3.36. The Bertz CT molecular complexity index is 577. The van der Waals surface area contributed by atoms with Gasteiger partial charge >= 0.3 is 5.97 Å². The van der Waals surface area contributed by atoms with Crippen molar-refractivity contribution in [2.24, 2.45) is 7.05 Å². The molecule has 0 fully saturated rings. The largest absolute Gasteiger partial charge is 0.464 e. The summed E-state index contributed by atoms with van der Waals surface area (Å²) < 4.78 is 6.95. The molecule has 0 atom stereocenters. The van der Waals surface area contributed by atoms with E-state index in [4.69, 9.17) is 10.5 Å². The minimum absolute atomic E-state index is 0.394. The minimum atomic E-state index is -0.428. The Hall–Kier alpha value is -1.56. The van der Waals surface area contributed by atoms with Crippen molar-refractivity contribution in [2.45, 2.75) is 0 Å². The summed E-state index contributed by atoms with van der Waals surface area (Å²) in [4.78, 5) is 11.6. The Labute approximate surface area is 100 Å². The van der Waals surface area contributed by atoms with E-state index in [1.165, 1.54) is 11.8 Å². The summed E-state index contributed by atoms with van der Waals surface area (Å²) in [5.41, 5.74) is 7.38. The topological polar surface area (TPSA) is 70.1 Å². The number of methoxy groups -OCH3 is 1. The molecule has 0 aliphatic carbocycles. The van der Waals surface area contributed by atoms with Crippen LogP contribution < -0.4 is 5.73 Å². The number of carbonyl (C=O) groups is 1. The lowest BCUT2D eigenvalue weighted by atomic mass is 10.2. The molecule has 0 spiro atoms. The molecule has 16 heavy (non-hydrogen) atoms. The van der Waals surface area contributed by atoms with Crippen molar-refractivity contribution < 1.29 is 9.53 Å². The zero-order chi connectivity index (χ0) is 11.9. The standard InChI is InChI=1S/C10H10BrN3O2/c1-14-9(10(15)16-2)6-3-5(12)4-7(11)8(6)13-14/h3-4H,12H2,1-2H3. The highest BCUT2D eigenvalue weighted by atomic mass is 79.9. The van der Waals surface area contributed by atoms with E-state index in [1.807, 2.05) is 0 Å². The summed E-state index contributed by atoms with van der Waals surface area (Å²) in [5, 5.41) is 4.92. The van der Waals surface area contributed by atoms with Crippen molar-refractivity contribution in [3.8, 4) is 0 Å². The van der Waals surface area contributed by atoms with Crippen LogP contribution in [0.4, 0.5) is 5.69 Å². The molecule has 0 amide bonds. The van der Waals surface area contributed by atoms with Gasteiger partial charge in [0.25, 0.3) is 0 Å². The molecule has 0 bridgehead atoms. The fraction of sp³-hybridized carbons (Fsp3) is 0.200. The first-order chi connectivity index (χ1) is 7.54. The average Bonchev–Trinajstić information content (AvgIpc) is 2.54. The van der Waals surface area contributed by atoms with Crippen molar-refractivity contribution in [1.29, 1.82) is 0 Å². The Morgan fingerprint density at radius 1 is 1.56 bits per heavy atom. The zero-order valence-corrected chi connectivity index (χ0v) is 10.4. The molecule has 5 nitrogen and oxygen atoms in total. The van der Waals surface area contributed by atoms with Crippen LogP contribution in [0.2, 0.25) is 0 Å². The lowest BCUT2D eigenvalue weighted by Crippen LogP contribution is -2.08. The van der Waals surface area contributed by atoms with Crippen LogP contribution in [0, 0.1) is 0 Å². The number of halogens is 1. The van der Waals surface area contributed by atoms with Crippen LogP contribution in [-0.2, 0) is 11.8 Å². The second-order valence-corrected chi connectivity index (χ2v) is 4.22. The van der Waals surface area contributed by atoms with Crippen LogP contribution in [0.25, 0.3) is 10.9 Å². The molecule has 0 radical (unpaired) electrons. The van der Waals surface area contributed by atoms with Crippen LogP contribution in [0.1, 0.15) is 10.5 Å². The maximum absolute atomic E-state index is 11.6. The molecule has 1 heterocycles. The lowest BCUT2D eigenvalue weighted by molar-refractivity contribution is 0.0590. The lowest BCUT2D eigenvalue weighted by Gasteiger charge is -2.00. The number of hydrogen-bond donors (Lipinski definition) is 1. The van der Waals surface area contributed by atoms with Crippen LogP contribution >= 0.6 is 15.9 Å². The van der Waals surface area contributed by atoms with Gasteiger partial charge in [0, 0.05) is 22.6 Å². The van der Waals surface area contributed by atoms with Crippen molar-refractivity contribution in [1.82, 2.24) is 9.78 Å². The van der Waals surface area contributed by atoms with E-state index in [2.05, 4.69) is 21.0 Å². The summed E-state index contributed by atoms with van der Waals surface area (Å²) >= 11 is 3.36. The van der Waals surface area contributed by atoms with Gasteiger partial charge in [-0.05, 0) is 28.1 Å². The van der Waals surface area contributed by atoms with Gasteiger partial charge < -0.3 is 10.5 Å². The molecular formula is C10H10BrN3O2. The number of fused-ring (bicyclic) bond motifs is 1. The molecule has 1 aromatic heterocycles. The number of benzene rings is 1. The molecule has 2 aromatic rings. The fourth-order valence-electron chi connectivity index (χ4n) is 1.62. The predicted octanol–water partition coefficient (Wildman–Crippen LogP) is 1.70. The zero-order valence-electron chi connectivity index (χ0n) is 8.82. The highest BCUT2D eigenvalue weighted by Crippen LogP contribution is 2.28. The van der Waals surface area contributed by atoms with Gasteiger partial charge in [0.15, 0.2) is 5.69 Å². The maximum Gasteiger partial charge on any atom is 0.356 e. The summed E-state index contributed by atoms with van der Waals surface area (Å²) in [7, 11) is 3.03. The predicted molar refractivity (Wildman–Crippen MR) is 64.2 cm³/mol. The number of nitrogens with two attached hydrogens (primary N) is 1. The number of aromatic nitrogens is 2. The number of aryl methyl sites for hydroxylation is 1. The quantitative estimate of drug-likeness (QED) is 0.639. The Balaban J connectivity index is 2.83. The van der Waals surface area contributed by atoms with E-state index in [0.29, 0.717) is 22.3 Å². The third-order valence-corrected chi connectivity index (χ3v) is 2.90. The van der Waals surface area contributed by atoms with Crippen molar-refractivity contribution in [3.05, 3.63) is 22.3 Å². The molecule has 2 rings (SSSR count). The van der Waals surface area contributed by atoms with Crippen LogP contribution in [0.15, 0.2) is 16.6 Å². The maximum atomic E-state index is 11.6. The van der Waals surface area contributed by atoms with Gasteiger partial charge in [-0.1, -0.05) is 0 Å². The monoisotopic (exact) mass is 283 g/mol. The van der Waals surface area contributed by atoms with Gasteiger partial charge in [-0.2, -0.15) is 5.10 Å². The van der Waals surface area contributed by atoms with E-state index in [0.717, 1.165) is 4.47 Å². The SMILES string of the molecule is COC(=O)c1c2cc(N)cc(Br)c2nn1C. The van der Waals surface area contributed by atoms with Crippen molar-refractivity contribution in [2.75, 3.05) is 12.8 Å².